The summed E-state index contributed by atoms with van der Waals surface area (Å²) in [5.74, 6) is 0. The zero-order valence-corrected chi connectivity index (χ0v) is 6.25. The second-order valence-corrected chi connectivity index (χ2v) is 3.22. The minimum atomic E-state index is -0.466. The SMILES string of the molecule is C[C@@]1(CO)CCC=C[C@@H]1O. The maximum absolute atomic E-state index is 9.38. The van der Waals surface area contributed by atoms with Crippen LogP contribution in [0.2, 0.25) is 0 Å². The van der Waals surface area contributed by atoms with Gasteiger partial charge in [-0.1, -0.05) is 19.1 Å². The first-order valence-electron chi connectivity index (χ1n) is 3.65. The summed E-state index contributed by atoms with van der Waals surface area (Å²) in [4.78, 5) is 0. The normalized spacial score (nSPS) is 40.1. The summed E-state index contributed by atoms with van der Waals surface area (Å²) in [5.41, 5.74) is -0.297. The molecule has 0 aromatic carbocycles. The topological polar surface area (TPSA) is 40.5 Å². The van der Waals surface area contributed by atoms with Gasteiger partial charge in [0.1, 0.15) is 0 Å². The number of aliphatic hydroxyl groups excluding tert-OH is 2. The first-order valence-corrected chi connectivity index (χ1v) is 3.65. The molecule has 2 heteroatoms. The van der Waals surface area contributed by atoms with Crippen LogP contribution in [0.1, 0.15) is 19.8 Å². The molecule has 0 unspecified atom stereocenters. The first-order chi connectivity index (χ1) is 4.69. The zero-order chi connectivity index (χ0) is 7.61. The molecule has 0 saturated heterocycles. The summed E-state index contributed by atoms with van der Waals surface area (Å²) in [6.07, 6.45) is 5.10. The second-order valence-electron chi connectivity index (χ2n) is 3.22. The summed E-state index contributed by atoms with van der Waals surface area (Å²) in [5, 5.41) is 18.3. The van der Waals surface area contributed by atoms with E-state index in [1.165, 1.54) is 0 Å². The van der Waals surface area contributed by atoms with Crippen LogP contribution in [0, 0.1) is 5.41 Å². The summed E-state index contributed by atoms with van der Waals surface area (Å²) in [6, 6.07) is 0. The van der Waals surface area contributed by atoms with Gasteiger partial charge in [0.15, 0.2) is 0 Å². The van der Waals surface area contributed by atoms with Gasteiger partial charge in [-0.3, -0.25) is 0 Å². The largest absolute Gasteiger partial charge is 0.396 e. The Hall–Kier alpha value is -0.340. The minimum Gasteiger partial charge on any atom is -0.396 e. The van der Waals surface area contributed by atoms with Crippen molar-refractivity contribution in [2.75, 3.05) is 6.61 Å². The predicted molar refractivity (Wildman–Crippen MR) is 39.6 cm³/mol. The average Bonchev–Trinajstić information content (AvgIpc) is 1.96. The van der Waals surface area contributed by atoms with Crippen molar-refractivity contribution >= 4 is 0 Å². The number of rotatable bonds is 1. The average molecular weight is 142 g/mol. The van der Waals surface area contributed by atoms with Crippen LogP contribution in [0.15, 0.2) is 12.2 Å². The van der Waals surface area contributed by atoms with Gasteiger partial charge in [-0.25, -0.2) is 0 Å². The number of allylic oxidation sites excluding steroid dienone is 1. The Bertz CT molecular complexity index is 142. The molecule has 2 nitrogen and oxygen atoms in total. The van der Waals surface area contributed by atoms with E-state index in [9.17, 15) is 5.11 Å². The van der Waals surface area contributed by atoms with Crippen LogP contribution in [0.5, 0.6) is 0 Å². The lowest BCUT2D eigenvalue weighted by Gasteiger charge is -2.33. The molecule has 10 heavy (non-hydrogen) atoms. The van der Waals surface area contributed by atoms with Gasteiger partial charge in [0.2, 0.25) is 0 Å². The molecule has 2 atom stereocenters. The van der Waals surface area contributed by atoms with Gasteiger partial charge in [0, 0.05) is 5.41 Å². The molecule has 0 heterocycles. The number of hydrogen-bond acceptors (Lipinski definition) is 2. The van der Waals surface area contributed by atoms with E-state index < -0.39 is 6.10 Å². The lowest BCUT2D eigenvalue weighted by Crippen LogP contribution is -2.36. The fourth-order valence-corrected chi connectivity index (χ4v) is 1.19. The molecular weight excluding hydrogens is 128 g/mol. The Balaban J connectivity index is 2.67. The van der Waals surface area contributed by atoms with Crippen molar-refractivity contribution in [1.29, 1.82) is 0 Å². The molecule has 1 aliphatic carbocycles. The summed E-state index contributed by atoms with van der Waals surface area (Å²) >= 11 is 0. The van der Waals surface area contributed by atoms with Gasteiger partial charge in [0.05, 0.1) is 12.7 Å². The Morgan fingerprint density at radius 1 is 1.70 bits per heavy atom. The van der Waals surface area contributed by atoms with E-state index in [-0.39, 0.29) is 12.0 Å². The fourth-order valence-electron chi connectivity index (χ4n) is 1.19. The van der Waals surface area contributed by atoms with E-state index in [4.69, 9.17) is 5.11 Å². The van der Waals surface area contributed by atoms with Crippen molar-refractivity contribution in [3.05, 3.63) is 12.2 Å². The molecule has 0 radical (unpaired) electrons. The van der Waals surface area contributed by atoms with Crippen LogP contribution in [0.3, 0.4) is 0 Å². The van der Waals surface area contributed by atoms with Gasteiger partial charge >= 0.3 is 0 Å². The van der Waals surface area contributed by atoms with Gasteiger partial charge in [-0.15, -0.1) is 0 Å². The van der Waals surface area contributed by atoms with Crippen LogP contribution < -0.4 is 0 Å². The Labute approximate surface area is 61.2 Å². The third kappa shape index (κ3) is 1.22. The molecule has 58 valence electrons. The van der Waals surface area contributed by atoms with Crippen LogP contribution in [-0.4, -0.2) is 22.9 Å². The molecule has 0 aliphatic heterocycles. The maximum Gasteiger partial charge on any atom is 0.0796 e. The van der Waals surface area contributed by atoms with Crippen molar-refractivity contribution in [2.45, 2.75) is 25.9 Å². The smallest absolute Gasteiger partial charge is 0.0796 e. The molecule has 0 amide bonds. The highest BCUT2D eigenvalue weighted by Crippen LogP contribution is 2.31. The molecule has 1 rings (SSSR count). The molecule has 2 N–H and O–H groups in total. The second kappa shape index (κ2) is 2.72. The van der Waals surface area contributed by atoms with Crippen molar-refractivity contribution in [3.63, 3.8) is 0 Å². The summed E-state index contributed by atoms with van der Waals surface area (Å²) < 4.78 is 0. The standard InChI is InChI=1S/C8H14O2/c1-8(6-9)5-3-2-4-7(8)10/h2,4,7,9-10H,3,5-6H2,1H3/t7-,8-/m0/s1. The zero-order valence-electron chi connectivity index (χ0n) is 6.25. The van der Waals surface area contributed by atoms with Crippen LogP contribution >= 0.6 is 0 Å². The molecule has 0 saturated carbocycles. The van der Waals surface area contributed by atoms with E-state index in [1.54, 1.807) is 6.08 Å². The van der Waals surface area contributed by atoms with E-state index in [0.29, 0.717) is 0 Å². The Morgan fingerprint density at radius 2 is 2.40 bits per heavy atom. The van der Waals surface area contributed by atoms with E-state index in [1.807, 2.05) is 13.0 Å². The highest BCUT2D eigenvalue weighted by molar-refractivity contribution is 5.03. The quantitative estimate of drug-likeness (QED) is 0.529. The predicted octanol–water partition coefficient (Wildman–Crippen LogP) is 0.696. The van der Waals surface area contributed by atoms with Gasteiger partial charge in [0.25, 0.3) is 0 Å². The maximum atomic E-state index is 9.38. The lowest BCUT2D eigenvalue weighted by atomic mass is 9.77. The fraction of sp³-hybridized carbons (Fsp3) is 0.750. The van der Waals surface area contributed by atoms with Crippen molar-refractivity contribution in [3.8, 4) is 0 Å². The third-order valence-corrected chi connectivity index (χ3v) is 2.28. The van der Waals surface area contributed by atoms with Gasteiger partial charge in [-0.2, -0.15) is 0 Å². The van der Waals surface area contributed by atoms with Crippen LogP contribution in [0.25, 0.3) is 0 Å². The molecule has 0 spiro atoms. The third-order valence-electron chi connectivity index (χ3n) is 2.28. The number of aliphatic hydroxyl groups is 2. The van der Waals surface area contributed by atoms with Crippen molar-refractivity contribution < 1.29 is 10.2 Å². The van der Waals surface area contributed by atoms with E-state index in [2.05, 4.69) is 0 Å². The Morgan fingerprint density at radius 3 is 2.80 bits per heavy atom. The summed E-state index contributed by atoms with van der Waals surface area (Å²) in [6.45, 7) is 1.97. The molecular formula is C8H14O2. The van der Waals surface area contributed by atoms with Gasteiger partial charge in [-0.05, 0) is 12.8 Å². The Kier molecular flexibility index (Phi) is 2.11. The van der Waals surface area contributed by atoms with Crippen LogP contribution in [-0.2, 0) is 0 Å². The molecule has 0 fully saturated rings. The molecule has 0 bridgehead atoms. The monoisotopic (exact) mass is 142 g/mol. The minimum absolute atomic E-state index is 0.0680. The van der Waals surface area contributed by atoms with Crippen molar-refractivity contribution in [2.24, 2.45) is 5.41 Å². The van der Waals surface area contributed by atoms with Gasteiger partial charge < -0.3 is 10.2 Å². The van der Waals surface area contributed by atoms with E-state index in [0.717, 1.165) is 12.8 Å². The lowest BCUT2D eigenvalue weighted by molar-refractivity contribution is 0.0132. The first kappa shape index (κ1) is 7.76. The highest BCUT2D eigenvalue weighted by atomic mass is 16.3. The number of hydrogen-bond donors (Lipinski definition) is 2. The molecule has 0 aromatic rings. The highest BCUT2D eigenvalue weighted by Gasteiger charge is 2.31. The van der Waals surface area contributed by atoms with E-state index >= 15 is 0 Å². The molecule has 0 aromatic heterocycles. The van der Waals surface area contributed by atoms with Crippen molar-refractivity contribution in [1.82, 2.24) is 0 Å². The molecule has 1 aliphatic rings. The summed E-state index contributed by atoms with van der Waals surface area (Å²) in [7, 11) is 0. The van der Waals surface area contributed by atoms with Crippen LogP contribution in [0.4, 0.5) is 0 Å².